The van der Waals surface area contributed by atoms with Crippen LogP contribution >= 0.6 is 0 Å². The van der Waals surface area contributed by atoms with Crippen molar-refractivity contribution in [3.63, 3.8) is 0 Å². The maximum atomic E-state index is 11.1. The summed E-state index contributed by atoms with van der Waals surface area (Å²) in [6.07, 6.45) is 6.75. The number of methoxy groups -OCH3 is 1. The third kappa shape index (κ3) is 2.16. The van der Waals surface area contributed by atoms with Crippen LogP contribution in [0.1, 0.15) is 37.5 Å². The number of rotatable bonds is 3. The average Bonchev–Trinajstić information content (AvgIpc) is 2.86. The zero-order valence-corrected chi connectivity index (χ0v) is 8.85. The predicted octanol–water partition coefficient (Wildman–Crippen LogP) is 1.11. The second kappa shape index (κ2) is 4.42. The summed E-state index contributed by atoms with van der Waals surface area (Å²) in [4.78, 5) is 11.1. The Morgan fingerprint density at radius 1 is 1.60 bits per heavy atom. The van der Waals surface area contributed by atoms with Gasteiger partial charge in [0.05, 0.1) is 7.11 Å². The Bertz CT molecular complexity index is 342. The Labute approximate surface area is 88.4 Å². The Kier molecular flexibility index (Phi) is 2.99. The third-order valence-electron chi connectivity index (χ3n) is 2.90. The number of esters is 1. The molecule has 2 rings (SSSR count). The lowest BCUT2D eigenvalue weighted by atomic mass is 10.2. The van der Waals surface area contributed by atoms with Crippen LogP contribution in [0.15, 0.2) is 6.33 Å². The minimum absolute atomic E-state index is 0.215. The predicted molar refractivity (Wildman–Crippen MR) is 53.2 cm³/mol. The molecule has 0 atom stereocenters. The molecule has 82 valence electrons. The molecule has 1 aromatic rings. The van der Waals surface area contributed by atoms with Gasteiger partial charge in [0.25, 0.3) is 0 Å². The summed E-state index contributed by atoms with van der Waals surface area (Å²) in [7, 11) is 1.39. The molecule has 0 aliphatic heterocycles. The largest absolute Gasteiger partial charge is 0.469 e. The van der Waals surface area contributed by atoms with Gasteiger partial charge in [0.2, 0.25) is 0 Å². The van der Waals surface area contributed by atoms with Crippen LogP contribution in [0.2, 0.25) is 0 Å². The van der Waals surface area contributed by atoms with Crippen LogP contribution in [0.3, 0.4) is 0 Å². The first-order chi connectivity index (χ1) is 7.31. The number of nitrogens with zero attached hydrogens (tertiary/aromatic N) is 3. The molecule has 0 saturated heterocycles. The van der Waals surface area contributed by atoms with E-state index in [1.54, 1.807) is 6.33 Å². The van der Waals surface area contributed by atoms with Gasteiger partial charge in [-0.2, -0.15) is 0 Å². The van der Waals surface area contributed by atoms with E-state index >= 15 is 0 Å². The van der Waals surface area contributed by atoms with Crippen LogP contribution in [0.25, 0.3) is 0 Å². The van der Waals surface area contributed by atoms with Gasteiger partial charge in [-0.1, -0.05) is 12.8 Å². The molecule has 1 aliphatic rings. The van der Waals surface area contributed by atoms with Gasteiger partial charge < -0.3 is 9.30 Å². The summed E-state index contributed by atoms with van der Waals surface area (Å²) in [6, 6.07) is 0.472. The lowest BCUT2D eigenvalue weighted by Crippen LogP contribution is -2.13. The van der Waals surface area contributed by atoms with E-state index in [0.29, 0.717) is 11.9 Å². The van der Waals surface area contributed by atoms with E-state index in [9.17, 15) is 4.79 Å². The number of aromatic nitrogens is 3. The van der Waals surface area contributed by atoms with Crippen LogP contribution in [0.5, 0.6) is 0 Å². The Morgan fingerprint density at radius 2 is 2.33 bits per heavy atom. The van der Waals surface area contributed by atoms with Crippen molar-refractivity contribution in [3.05, 3.63) is 12.2 Å². The van der Waals surface area contributed by atoms with Crippen molar-refractivity contribution in [3.8, 4) is 0 Å². The van der Waals surface area contributed by atoms with Crippen molar-refractivity contribution in [1.82, 2.24) is 14.8 Å². The summed E-state index contributed by atoms with van der Waals surface area (Å²) in [5, 5.41) is 7.82. The molecule has 0 unspecified atom stereocenters. The number of carbonyl (C=O) groups is 1. The van der Waals surface area contributed by atoms with Crippen molar-refractivity contribution in [2.45, 2.75) is 38.1 Å². The van der Waals surface area contributed by atoms with Crippen LogP contribution in [-0.2, 0) is 16.0 Å². The van der Waals surface area contributed by atoms with Gasteiger partial charge in [0.1, 0.15) is 18.6 Å². The number of hydrogen-bond donors (Lipinski definition) is 0. The first-order valence-electron chi connectivity index (χ1n) is 5.26. The Balaban J connectivity index is 2.10. The van der Waals surface area contributed by atoms with Gasteiger partial charge >= 0.3 is 5.97 Å². The van der Waals surface area contributed by atoms with Crippen molar-refractivity contribution in [2.75, 3.05) is 7.11 Å². The lowest BCUT2D eigenvalue weighted by molar-refractivity contribution is -0.140. The minimum atomic E-state index is -0.262. The molecule has 1 aromatic heterocycles. The van der Waals surface area contributed by atoms with Gasteiger partial charge in [0.15, 0.2) is 0 Å². The number of ether oxygens (including phenoxy) is 1. The molecule has 0 radical (unpaired) electrons. The molecule has 1 saturated carbocycles. The summed E-state index contributed by atoms with van der Waals surface area (Å²) in [5.41, 5.74) is 0. The van der Waals surface area contributed by atoms with Gasteiger partial charge in [0, 0.05) is 6.04 Å². The van der Waals surface area contributed by atoms with Gasteiger partial charge in [-0.25, -0.2) is 0 Å². The molecule has 0 spiro atoms. The average molecular weight is 209 g/mol. The Morgan fingerprint density at radius 3 is 3.00 bits per heavy atom. The van der Waals surface area contributed by atoms with Crippen LogP contribution in [0, 0.1) is 0 Å². The normalized spacial score (nSPS) is 16.9. The fraction of sp³-hybridized carbons (Fsp3) is 0.700. The summed E-state index contributed by atoms with van der Waals surface area (Å²) in [6.45, 7) is 0. The SMILES string of the molecule is COC(=O)Cc1nncn1C1CCCC1. The molecule has 0 N–H and O–H groups in total. The van der Waals surface area contributed by atoms with Crippen LogP contribution in [-0.4, -0.2) is 27.8 Å². The topological polar surface area (TPSA) is 57.0 Å². The molecule has 0 bridgehead atoms. The molecule has 0 aromatic carbocycles. The maximum Gasteiger partial charge on any atom is 0.313 e. The number of carbonyl (C=O) groups excluding carboxylic acids is 1. The van der Waals surface area contributed by atoms with E-state index in [-0.39, 0.29) is 12.4 Å². The molecule has 1 fully saturated rings. The van der Waals surface area contributed by atoms with Crippen molar-refractivity contribution in [2.24, 2.45) is 0 Å². The number of hydrogen-bond acceptors (Lipinski definition) is 4. The molecule has 1 aliphatic carbocycles. The molecule has 1 heterocycles. The maximum absolute atomic E-state index is 11.1. The first-order valence-corrected chi connectivity index (χ1v) is 5.26. The fourth-order valence-electron chi connectivity index (χ4n) is 2.08. The van der Waals surface area contributed by atoms with Crippen molar-refractivity contribution >= 4 is 5.97 Å². The fourth-order valence-corrected chi connectivity index (χ4v) is 2.08. The summed E-state index contributed by atoms with van der Waals surface area (Å²) >= 11 is 0. The zero-order valence-electron chi connectivity index (χ0n) is 8.85. The molecule has 5 heteroatoms. The lowest BCUT2D eigenvalue weighted by Gasteiger charge is -2.12. The van der Waals surface area contributed by atoms with Gasteiger partial charge in [-0.05, 0) is 12.8 Å². The van der Waals surface area contributed by atoms with Crippen molar-refractivity contribution in [1.29, 1.82) is 0 Å². The van der Waals surface area contributed by atoms with E-state index < -0.39 is 0 Å². The summed E-state index contributed by atoms with van der Waals surface area (Å²) < 4.78 is 6.64. The van der Waals surface area contributed by atoms with E-state index in [1.165, 1.54) is 20.0 Å². The van der Waals surface area contributed by atoms with E-state index in [1.807, 2.05) is 4.57 Å². The molecule has 15 heavy (non-hydrogen) atoms. The highest BCUT2D eigenvalue weighted by atomic mass is 16.5. The standard InChI is InChI=1S/C10H15N3O2/c1-15-10(14)6-9-12-11-7-13(9)8-4-2-3-5-8/h7-8H,2-6H2,1H3. The zero-order chi connectivity index (χ0) is 10.7. The quantitative estimate of drug-likeness (QED) is 0.700. The highest BCUT2D eigenvalue weighted by Gasteiger charge is 2.20. The second-order valence-electron chi connectivity index (χ2n) is 3.85. The third-order valence-corrected chi connectivity index (χ3v) is 2.90. The van der Waals surface area contributed by atoms with E-state index in [2.05, 4.69) is 14.9 Å². The Hall–Kier alpha value is -1.39. The molecular weight excluding hydrogens is 194 g/mol. The molecule has 5 nitrogen and oxygen atoms in total. The van der Waals surface area contributed by atoms with Crippen LogP contribution < -0.4 is 0 Å². The van der Waals surface area contributed by atoms with E-state index in [0.717, 1.165) is 12.8 Å². The summed E-state index contributed by atoms with van der Waals surface area (Å²) in [5.74, 6) is 0.455. The van der Waals surface area contributed by atoms with Crippen molar-refractivity contribution < 1.29 is 9.53 Å². The van der Waals surface area contributed by atoms with E-state index in [4.69, 9.17) is 0 Å². The second-order valence-corrected chi connectivity index (χ2v) is 3.85. The highest BCUT2D eigenvalue weighted by Crippen LogP contribution is 2.29. The molecule has 0 amide bonds. The minimum Gasteiger partial charge on any atom is -0.469 e. The van der Waals surface area contributed by atoms with Crippen LogP contribution in [0.4, 0.5) is 0 Å². The first kappa shape index (κ1) is 10.1. The molecular formula is C10H15N3O2. The monoisotopic (exact) mass is 209 g/mol. The van der Waals surface area contributed by atoms with Gasteiger partial charge in [-0.15, -0.1) is 10.2 Å². The highest BCUT2D eigenvalue weighted by molar-refractivity contribution is 5.71. The van der Waals surface area contributed by atoms with Gasteiger partial charge in [-0.3, -0.25) is 4.79 Å². The smallest absolute Gasteiger partial charge is 0.313 e.